The molecule has 7 nitrogen and oxygen atoms in total. The summed E-state index contributed by atoms with van der Waals surface area (Å²) in [7, 11) is 0. The van der Waals surface area contributed by atoms with E-state index in [-0.39, 0.29) is 46.8 Å². The van der Waals surface area contributed by atoms with Gasteiger partial charge in [-0.3, -0.25) is 19.3 Å². The molecule has 4 atom stereocenters. The van der Waals surface area contributed by atoms with E-state index in [4.69, 9.17) is 21.3 Å². The van der Waals surface area contributed by atoms with Gasteiger partial charge in [-0.1, -0.05) is 76.1 Å². The molecule has 1 aliphatic heterocycles. The Labute approximate surface area is 254 Å². The number of ketones is 1. The number of imide groups is 1. The fourth-order valence-electron chi connectivity index (χ4n) is 6.40. The average molecular weight is 642 g/mol. The highest BCUT2D eigenvalue weighted by atomic mass is 79.9. The van der Waals surface area contributed by atoms with Crippen LogP contribution in [-0.4, -0.2) is 35.2 Å². The Balaban J connectivity index is 1.17. The van der Waals surface area contributed by atoms with Crippen molar-refractivity contribution in [3.63, 3.8) is 0 Å². The number of rotatable bonds is 6. The lowest BCUT2D eigenvalue weighted by Crippen LogP contribution is -2.32. The summed E-state index contributed by atoms with van der Waals surface area (Å²) in [5.41, 5.74) is 2.66. The first kappa shape index (κ1) is 26.7. The van der Waals surface area contributed by atoms with Crippen LogP contribution >= 0.6 is 27.5 Å². The number of aromatic nitrogens is 1. The van der Waals surface area contributed by atoms with E-state index >= 15 is 0 Å². The van der Waals surface area contributed by atoms with Gasteiger partial charge < -0.3 is 4.74 Å². The molecule has 3 aromatic carbocycles. The predicted molar refractivity (Wildman–Crippen MR) is 161 cm³/mol. The standard InChI is InChI=1S/C33H22BrClN2O5/c34-21-10-6-18(7-11-21)27(38)16-42-33(41)24-15-26(36-30-23(24)2-1-3-25(30)35)17-8-12-22(13-9-17)37-31(39)28-19-4-5-20(14-19)29(28)32(37)40/h1-13,15,19-20,28-29H,14,16H2. The lowest BCUT2D eigenvalue weighted by molar-refractivity contribution is -0.123. The Morgan fingerprint density at radius 3 is 2.26 bits per heavy atom. The molecule has 9 heteroatoms. The molecule has 2 heterocycles. The zero-order valence-corrected chi connectivity index (χ0v) is 24.3. The van der Waals surface area contributed by atoms with E-state index in [2.05, 4.69) is 28.1 Å². The molecular weight excluding hydrogens is 620 g/mol. The lowest BCUT2D eigenvalue weighted by Gasteiger charge is -2.18. The number of fused-ring (bicyclic) bond motifs is 6. The number of hydrogen-bond donors (Lipinski definition) is 0. The third-order valence-corrected chi connectivity index (χ3v) is 9.24. The number of carbonyl (C=O) groups is 4. The van der Waals surface area contributed by atoms with Crippen molar-refractivity contribution in [3.8, 4) is 11.3 Å². The van der Waals surface area contributed by atoms with E-state index in [9.17, 15) is 19.2 Å². The van der Waals surface area contributed by atoms with Gasteiger partial charge in [0.2, 0.25) is 11.8 Å². The number of benzene rings is 3. The van der Waals surface area contributed by atoms with E-state index in [1.165, 1.54) is 4.90 Å². The number of carbonyl (C=O) groups excluding carboxylic acids is 4. The van der Waals surface area contributed by atoms with Crippen molar-refractivity contribution in [1.82, 2.24) is 4.98 Å². The molecule has 2 amide bonds. The number of ether oxygens (including phenoxy) is 1. The third-order valence-electron chi connectivity index (χ3n) is 8.40. The molecule has 0 radical (unpaired) electrons. The van der Waals surface area contributed by atoms with Crippen LogP contribution in [0.3, 0.4) is 0 Å². The van der Waals surface area contributed by atoms with Gasteiger partial charge in [0, 0.05) is 21.0 Å². The van der Waals surface area contributed by atoms with Crippen molar-refractivity contribution in [2.45, 2.75) is 6.42 Å². The molecule has 2 bridgehead atoms. The van der Waals surface area contributed by atoms with E-state index < -0.39 is 12.6 Å². The second-order valence-electron chi connectivity index (χ2n) is 10.8. The summed E-state index contributed by atoms with van der Waals surface area (Å²) in [5.74, 6) is -1.59. The Morgan fingerprint density at radius 1 is 0.929 bits per heavy atom. The lowest BCUT2D eigenvalue weighted by atomic mass is 9.85. The molecule has 7 rings (SSSR count). The van der Waals surface area contributed by atoms with Crippen molar-refractivity contribution >= 4 is 67.7 Å². The van der Waals surface area contributed by atoms with Crippen molar-refractivity contribution in [2.75, 3.05) is 11.5 Å². The Kier molecular flexibility index (Phi) is 6.55. The van der Waals surface area contributed by atoms with Crippen LogP contribution < -0.4 is 4.90 Å². The molecule has 4 aromatic rings. The topological polar surface area (TPSA) is 93.6 Å². The molecular formula is C33H22BrClN2O5. The number of Topliss-reactive ketones (excluding diaryl/α,β-unsaturated/α-hetero) is 1. The Hall–Kier alpha value is -4.14. The number of halogens is 2. The van der Waals surface area contributed by atoms with Crippen LogP contribution in [0.2, 0.25) is 5.02 Å². The molecule has 208 valence electrons. The highest BCUT2D eigenvalue weighted by Gasteiger charge is 2.59. The minimum Gasteiger partial charge on any atom is -0.454 e. The van der Waals surface area contributed by atoms with Crippen molar-refractivity contribution in [2.24, 2.45) is 23.7 Å². The van der Waals surface area contributed by atoms with Crippen molar-refractivity contribution in [3.05, 3.63) is 106 Å². The van der Waals surface area contributed by atoms with E-state index in [1.54, 1.807) is 72.8 Å². The molecule has 42 heavy (non-hydrogen) atoms. The molecule has 1 aromatic heterocycles. The van der Waals surface area contributed by atoms with Gasteiger partial charge in [-0.25, -0.2) is 9.78 Å². The second kappa shape index (κ2) is 10.3. The fourth-order valence-corrected chi connectivity index (χ4v) is 6.88. The minimum atomic E-state index is -0.684. The van der Waals surface area contributed by atoms with Crippen LogP contribution in [0.15, 0.2) is 89.4 Å². The smallest absolute Gasteiger partial charge is 0.339 e. The van der Waals surface area contributed by atoms with E-state index in [0.29, 0.717) is 38.4 Å². The number of anilines is 1. The highest BCUT2D eigenvalue weighted by molar-refractivity contribution is 9.10. The second-order valence-corrected chi connectivity index (χ2v) is 12.1. The zero-order chi connectivity index (χ0) is 29.1. The van der Waals surface area contributed by atoms with Crippen molar-refractivity contribution < 1.29 is 23.9 Å². The van der Waals surface area contributed by atoms with Gasteiger partial charge in [0.25, 0.3) is 0 Å². The first-order valence-electron chi connectivity index (χ1n) is 13.5. The zero-order valence-electron chi connectivity index (χ0n) is 22.0. The summed E-state index contributed by atoms with van der Waals surface area (Å²) in [6.45, 7) is -0.425. The van der Waals surface area contributed by atoms with Gasteiger partial charge >= 0.3 is 5.97 Å². The largest absolute Gasteiger partial charge is 0.454 e. The molecule has 4 unspecified atom stereocenters. The molecule has 3 aliphatic rings. The molecule has 1 saturated heterocycles. The first-order chi connectivity index (χ1) is 20.3. The third kappa shape index (κ3) is 4.37. The Morgan fingerprint density at radius 2 is 1.60 bits per heavy atom. The summed E-state index contributed by atoms with van der Waals surface area (Å²) in [5, 5.41) is 0.848. The quantitative estimate of drug-likeness (QED) is 0.101. The minimum absolute atomic E-state index is 0.135. The summed E-state index contributed by atoms with van der Waals surface area (Å²) >= 11 is 9.81. The predicted octanol–water partition coefficient (Wildman–Crippen LogP) is 6.67. The number of nitrogens with zero attached hydrogens (tertiary/aromatic N) is 2. The van der Waals surface area contributed by atoms with Gasteiger partial charge in [0.05, 0.1) is 39.3 Å². The average Bonchev–Trinajstić information content (AvgIpc) is 3.69. The maximum atomic E-state index is 13.3. The monoisotopic (exact) mass is 640 g/mol. The van der Waals surface area contributed by atoms with Gasteiger partial charge in [0.15, 0.2) is 12.4 Å². The highest BCUT2D eigenvalue weighted by Crippen LogP contribution is 2.53. The van der Waals surface area contributed by atoms with Crippen LogP contribution in [0.4, 0.5) is 5.69 Å². The summed E-state index contributed by atoms with van der Waals surface area (Å²) < 4.78 is 6.26. The normalized spacial score (nSPS) is 22.2. The first-order valence-corrected chi connectivity index (χ1v) is 14.7. The number of pyridine rings is 1. The van der Waals surface area contributed by atoms with Crippen molar-refractivity contribution in [1.29, 1.82) is 0 Å². The number of amides is 2. The molecule has 2 aliphatic carbocycles. The van der Waals surface area contributed by atoms with Crippen LogP contribution in [0.25, 0.3) is 22.2 Å². The molecule has 0 spiro atoms. The van der Waals surface area contributed by atoms with Crippen LogP contribution in [0, 0.1) is 23.7 Å². The van der Waals surface area contributed by atoms with E-state index in [1.807, 2.05) is 0 Å². The SMILES string of the molecule is O=C(COC(=O)c1cc(-c2ccc(N3C(=O)C4C5C=CC(C5)C4C3=O)cc2)nc2c(Cl)cccc12)c1ccc(Br)cc1. The van der Waals surface area contributed by atoms with E-state index in [0.717, 1.165) is 10.9 Å². The number of para-hydroxylation sites is 1. The molecule has 2 fully saturated rings. The summed E-state index contributed by atoms with van der Waals surface area (Å²) in [6, 6.07) is 20.5. The van der Waals surface area contributed by atoms with Crippen LogP contribution in [0.1, 0.15) is 27.1 Å². The van der Waals surface area contributed by atoms with Gasteiger partial charge in [-0.15, -0.1) is 0 Å². The summed E-state index contributed by atoms with van der Waals surface area (Å²) in [4.78, 5) is 58.3. The van der Waals surface area contributed by atoms with Crippen LogP contribution in [0.5, 0.6) is 0 Å². The number of esters is 1. The fraction of sp³-hybridized carbons (Fsp3) is 0.182. The molecule has 0 N–H and O–H groups in total. The summed E-state index contributed by atoms with van der Waals surface area (Å²) in [6.07, 6.45) is 5.01. The van der Waals surface area contributed by atoms with Gasteiger partial charge in [-0.05, 0) is 54.7 Å². The number of hydrogen-bond acceptors (Lipinski definition) is 6. The molecule has 1 saturated carbocycles. The maximum Gasteiger partial charge on any atom is 0.339 e. The van der Waals surface area contributed by atoms with Crippen LogP contribution in [-0.2, 0) is 14.3 Å². The van der Waals surface area contributed by atoms with Gasteiger partial charge in [-0.2, -0.15) is 0 Å². The number of allylic oxidation sites excluding steroid dienone is 2. The Bertz CT molecular complexity index is 1810. The van der Waals surface area contributed by atoms with Gasteiger partial charge in [0.1, 0.15) is 0 Å². The maximum absolute atomic E-state index is 13.3.